The first-order valence-corrected chi connectivity index (χ1v) is 8.80. The molecule has 1 aromatic rings. The van der Waals surface area contributed by atoms with Gasteiger partial charge in [0.2, 0.25) is 5.91 Å². The number of nitrogens with zero attached hydrogens (tertiary/aromatic N) is 2. The van der Waals surface area contributed by atoms with Crippen molar-refractivity contribution in [3.63, 3.8) is 0 Å². The Kier molecular flexibility index (Phi) is 4.58. The minimum atomic E-state index is 0.148. The average Bonchev–Trinajstić information content (AvgIpc) is 3.12. The van der Waals surface area contributed by atoms with Crippen molar-refractivity contribution in [3.05, 3.63) is 23.8 Å². The van der Waals surface area contributed by atoms with Gasteiger partial charge in [-0.25, -0.2) is 0 Å². The molecule has 2 saturated heterocycles. The van der Waals surface area contributed by atoms with E-state index in [0.29, 0.717) is 19.8 Å². The maximum absolute atomic E-state index is 12.8. The Labute approximate surface area is 142 Å². The molecular weight excluding hydrogens is 308 g/mol. The molecule has 4 rings (SSSR count). The number of fused-ring (bicyclic) bond motifs is 1. The van der Waals surface area contributed by atoms with E-state index in [9.17, 15) is 4.79 Å². The molecule has 3 aliphatic heterocycles. The van der Waals surface area contributed by atoms with Crippen molar-refractivity contribution in [1.82, 2.24) is 9.80 Å². The lowest BCUT2D eigenvalue weighted by Gasteiger charge is -2.31. The quantitative estimate of drug-likeness (QED) is 0.839. The van der Waals surface area contributed by atoms with Crippen LogP contribution in [0, 0.1) is 0 Å². The smallest absolute Gasteiger partial charge is 0.237 e. The number of rotatable bonds is 3. The molecule has 1 aromatic carbocycles. The first-order valence-electron chi connectivity index (χ1n) is 8.80. The van der Waals surface area contributed by atoms with Crippen LogP contribution < -0.4 is 9.47 Å². The van der Waals surface area contributed by atoms with Crippen molar-refractivity contribution in [2.24, 2.45) is 0 Å². The number of likely N-dealkylation sites (tertiary alicyclic amines) is 1. The van der Waals surface area contributed by atoms with Crippen LogP contribution in [0.4, 0.5) is 0 Å². The Morgan fingerprint density at radius 2 is 1.83 bits per heavy atom. The Balaban J connectivity index is 1.47. The van der Waals surface area contributed by atoms with Gasteiger partial charge in [-0.05, 0) is 30.5 Å². The van der Waals surface area contributed by atoms with E-state index in [1.54, 1.807) is 0 Å². The van der Waals surface area contributed by atoms with Crippen molar-refractivity contribution in [3.8, 4) is 11.5 Å². The first kappa shape index (κ1) is 15.7. The maximum atomic E-state index is 12.8. The summed E-state index contributed by atoms with van der Waals surface area (Å²) in [7, 11) is 0. The molecule has 1 atom stereocenters. The third-order valence-electron chi connectivity index (χ3n) is 4.99. The van der Waals surface area contributed by atoms with Gasteiger partial charge in [0.05, 0.1) is 25.8 Å². The summed E-state index contributed by atoms with van der Waals surface area (Å²) < 4.78 is 16.6. The van der Waals surface area contributed by atoms with Crippen LogP contribution in [0.2, 0.25) is 0 Å². The number of carbonyl (C=O) groups is 1. The van der Waals surface area contributed by atoms with E-state index in [1.807, 2.05) is 17.0 Å². The van der Waals surface area contributed by atoms with Crippen LogP contribution in [0.5, 0.6) is 11.5 Å². The fraction of sp³-hybridized carbons (Fsp3) is 0.611. The molecule has 0 radical (unpaired) electrons. The van der Waals surface area contributed by atoms with Gasteiger partial charge < -0.3 is 19.1 Å². The van der Waals surface area contributed by atoms with Gasteiger partial charge >= 0.3 is 0 Å². The number of hydrogen-bond acceptors (Lipinski definition) is 5. The Hall–Kier alpha value is -1.79. The average molecular weight is 332 g/mol. The summed E-state index contributed by atoms with van der Waals surface area (Å²) in [5.41, 5.74) is 1.15. The van der Waals surface area contributed by atoms with Gasteiger partial charge in [0, 0.05) is 19.6 Å². The van der Waals surface area contributed by atoms with Crippen molar-refractivity contribution in [2.75, 3.05) is 52.6 Å². The second-order valence-corrected chi connectivity index (χ2v) is 6.54. The predicted octanol–water partition coefficient (Wildman–Crippen LogP) is 1.45. The van der Waals surface area contributed by atoms with E-state index >= 15 is 0 Å². The summed E-state index contributed by atoms with van der Waals surface area (Å²) in [6, 6.07) is 6.22. The SMILES string of the molecule is O=C(CN1CCOCC1)N1CCC[C@@H]1c1ccc2c(c1)OCCO2. The van der Waals surface area contributed by atoms with Crippen molar-refractivity contribution >= 4 is 5.91 Å². The predicted molar refractivity (Wildman–Crippen MR) is 88.4 cm³/mol. The van der Waals surface area contributed by atoms with E-state index < -0.39 is 0 Å². The third kappa shape index (κ3) is 3.21. The van der Waals surface area contributed by atoms with E-state index in [1.165, 1.54) is 0 Å². The van der Waals surface area contributed by atoms with Crippen molar-refractivity contribution < 1.29 is 19.0 Å². The molecule has 1 amide bonds. The van der Waals surface area contributed by atoms with Crippen LogP contribution in [0.15, 0.2) is 18.2 Å². The van der Waals surface area contributed by atoms with E-state index in [-0.39, 0.29) is 11.9 Å². The Morgan fingerprint density at radius 1 is 1.04 bits per heavy atom. The van der Waals surface area contributed by atoms with Gasteiger partial charge in [-0.15, -0.1) is 0 Å². The molecule has 0 spiro atoms. The molecule has 3 heterocycles. The minimum Gasteiger partial charge on any atom is -0.486 e. The molecule has 3 aliphatic rings. The zero-order chi connectivity index (χ0) is 16.4. The molecule has 130 valence electrons. The van der Waals surface area contributed by atoms with Crippen LogP contribution in [0.25, 0.3) is 0 Å². The second-order valence-electron chi connectivity index (χ2n) is 6.54. The summed E-state index contributed by atoms with van der Waals surface area (Å²) in [5, 5.41) is 0. The number of carbonyl (C=O) groups excluding carboxylic acids is 1. The van der Waals surface area contributed by atoms with Gasteiger partial charge in [0.15, 0.2) is 11.5 Å². The van der Waals surface area contributed by atoms with E-state index in [2.05, 4.69) is 11.0 Å². The second kappa shape index (κ2) is 6.99. The summed E-state index contributed by atoms with van der Waals surface area (Å²) >= 11 is 0. The highest BCUT2D eigenvalue weighted by Gasteiger charge is 2.31. The van der Waals surface area contributed by atoms with Gasteiger partial charge in [-0.1, -0.05) is 6.07 Å². The van der Waals surface area contributed by atoms with Gasteiger partial charge in [0.25, 0.3) is 0 Å². The standard InChI is InChI=1S/C18H24N2O4/c21-18(13-19-6-8-22-9-7-19)20-5-1-2-15(20)14-3-4-16-17(12-14)24-11-10-23-16/h3-4,12,15H,1-2,5-11,13H2/t15-/m1/s1. The topological polar surface area (TPSA) is 51.2 Å². The molecule has 6 heteroatoms. The largest absolute Gasteiger partial charge is 0.486 e. The summed E-state index contributed by atoms with van der Waals surface area (Å²) in [6.07, 6.45) is 2.06. The van der Waals surface area contributed by atoms with Gasteiger partial charge in [0.1, 0.15) is 13.2 Å². The molecular formula is C18H24N2O4. The molecule has 6 nitrogen and oxygen atoms in total. The fourth-order valence-electron chi connectivity index (χ4n) is 3.72. The highest BCUT2D eigenvalue weighted by Crippen LogP contribution is 2.38. The fourth-order valence-corrected chi connectivity index (χ4v) is 3.72. The number of ether oxygens (including phenoxy) is 3. The molecule has 0 aliphatic carbocycles. The molecule has 0 aromatic heterocycles. The molecule has 2 fully saturated rings. The van der Waals surface area contributed by atoms with Crippen molar-refractivity contribution in [2.45, 2.75) is 18.9 Å². The zero-order valence-electron chi connectivity index (χ0n) is 13.9. The molecule has 24 heavy (non-hydrogen) atoms. The number of morpholine rings is 1. The monoisotopic (exact) mass is 332 g/mol. The number of benzene rings is 1. The van der Waals surface area contributed by atoms with E-state index in [4.69, 9.17) is 14.2 Å². The van der Waals surface area contributed by atoms with Crippen LogP contribution in [0.3, 0.4) is 0 Å². The third-order valence-corrected chi connectivity index (χ3v) is 4.99. The minimum absolute atomic E-state index is 0.148. The molecule has 0 bridgehead atoms. The van der Waals surface area contributed by atoms with Crippen LogP contribution in [-0.4, -0.2) is 68.3 Å². The zero-order valence-corrected chi connectivity index (χ0v) is 13.9. The summed E-state index contributed by atoms with van der Waals surface area (Å²) in [5.74, 6) is 1.81. The summed E-state index contributed by atoms with van der Waals surface area (Å²) in [4.78, 5) is 17.0. The molecule has 0 saturated carbocycles. The Bertz CT molecular complexity index is 601. The van der Waals surface area contributed by atoms with Crippen LogP contribution in [-0.2, 0) is 9.53 Å². The number of amides is 1. The Morgan fingerprint density at radius 3 is 2.67 bits per heavy atom. The highest BCUT2D eigenvalue weighted by molar-refractivity contribution is 5.79. The lowest BCUT2D eigenvalue weighted by atomic mass is 10.0. The van der Waals surface area contributed by atoms with Crippen LogP contribution >= 0.6 is 0 Å². The maximum Gasteiger partial charge on any atom is 0.237 e. The highest BCUT2D eigenvalue weighted by atomic mass is 16.6. The number of hydrogen-bond donors (Lipinski definition) is 0. The molecule has 0 N–H and O–H groups in total. The molecule has 0 unspecified atom stereocenters. The normalized spacial score (nSPS) is 24.2. The first-order chi connectivity index (χ1) is 11.8. The van der Waals surface area contributed by atoms with Crippen LogP contribution in [0.1, 0.15) is 24.4 Å². The summed E-state index contributed by atoms with van der Waals surface area (Å²) in [6.45, 7) is 5.63. The lowest BCUT2D eigenvalue weighted by molar-refractivity contribution is -0.134. The van der Waals surface area contributed by atoms with Gasteiger partial charge in [-0.3, -0.25) is 9.69 Å². The lowest BCUT2D eigenvalue weighted by Crippen LogP contribution is -2.44. The van der Waals surface area contributed by atoms with Gasteiger partial charge in [-0.2, -0.15) is 0 Å². The van der Waals surface area contributed by atoms with E-state index in [0.717, 1.165) is 62.8 Å². The van der Waals surface area contributed by atoms with Crippen molar-refractivity contribution in [1.29, 1.82) is 0 Å².